The number of hydrogen-bond donors (Lipinski definition) is 1. The summed E-state index contributed by atoms with van der Waals surface area (Å²) in [6.07, 6.45) is 0. The SMILES string of the molecule is N#CSc1ccc(NC(=O)c2cc([N+](=O)[O-])cc([N+](=O)[O-])c2)cc1. The number of amides is 1. The molecule has 2 aromatic rings. The number of anilines is 1. The average Bonchev–Trinajstić information content (AvgIpc) is 2.56. The van der Waals surface area contributed by atoms with E-state index in [9.17, 15) is 25.0 Å². The number of rotatable bonds is 5. The fourth-order valence-corrected chi connectivity index (χ4v) is 2.18. The third-order valence-corrected chi connectivity index (χ3v) is 3.46. The molecule has 0 fully saturated rings. The van der Waals surface area contributed by atoms with Crippen LogP contribution in [-0.2, 0) is 0 Å². The standard InChI is InChI=1S/C14H8N4O5S/c15-8-24-13-3-1-10(2-4-13)16-14(19)9-5-11(17(20)21)7-12(6-9)18(22)23/h1-7H,(H,16,19). The molecule has 24 heavy (non-hydrogen) atoms. The molecule has 0 heterocycles. The third-order valence-electron chi connectivity index (χ3n) is 2.86. The van der Waals surface area contributed by atoms with Crippen LogP contribution in [0.2, 0.25) is 0 Å². The summed E-state index contributed by atoms with van der Waals surface area (Å²) >= 11 is 0.952. The molecular formula is C14H8N4O5S. The number of carbonyl (C=O) groups excluding carboxylic acids is 1. The van der Waals surface area contributed by atoms with Gasteiger partial charge in [-0.2, -0.15) is 5.26 Å². The quantitative estimate of drug-likeness (QED) is 0.379. The van der Waals surface area contributed by atoms with Gasteiger partial charge < -0.3 is 5.32 Å². The maximum Gasteiger partial charge on any atom is 0.277 e. The van der Waals surface area contributed by atoms with Gasteiger partial charge in [0.05, 0.1) is 21.5 Å². The van der Waals surface area contributed by atoms with Crippen LogP contribution in [0.5, 0.6) is 0 Å². The van der Waals surface area contributed by atoms with Gasteiger partial charge >= 0.3 is 0 Å². The van der Waals surface area contributed by atoms with Gasteiger partial charge in [0, 0.05) is 22.7 Å². The first-order chi connectivity index (χ1) is 11.4. The lowest BCUT2D eigenvalue weighted by molar-refractivity contribution is -0.394. The van der Waals surface area contributed by atoms with E-state index in [0.29, 0.717) is 10.6 Å². The molecule has 0 aromatic heterocycles. The van der Waals surface area contributed by atoms with E-state index in [1.54, 1.807) is 24.3 Å². The van der Waals surface area contributed by atoms with Crippen LogP contribution in [0.15, 0.2) is 47.4 Å². The Bertz CT molecular complexity index is 828. The van der Waals surface area contributed by atoms with E-state index in [1.165, 1.54) is 0 Å². The zero-order valence-corrected chi connectivity index (χ0v) is 12.6. The van der Waals surface area contributed by atoms with Crippen molar-refractivity contribution in [2.24, 2.45) is 0 Å². The molecule has 0 aliphatic heterocycles. The van der Waals surface area contributed by atoms with E-state index in [2.05, 4.69) is 5.32 Å². The Morgan fingerprint density at radius 1 is 1.04 bits per heavy atom. The molecule has 9 nitrogen and oxygen atoms in total. The molecule has 10 heteroatoms. The summed E-state index contributed by atoms with van der Waals surface area (Å²) < 4.78 is 0. The van der Waals surface area contributed by atoms with Crippen molar-refractivity contribution < 1.29 is 14.6 Å². The van der Waals surface area contributed by atoms with Crippen molar-refractivity contribution >= 4 is 34.7 Å². The first-order valence-electron chi connectivity index (χ1n) is 6.32. The first-order valence-corrected chi connectivity index (χ1v) is 7.13. The zero-order chi connectivity index (χ0) is 17.7. The molecule has 0 saturated heterocycles. The van der Waals surface area contributed by atoms with Crippen molar-refractivity contribution in [1.82, 2.24) is 0 Å². The Morgan fingerprint density at radius 2 is 1.58 bits per heavy atom. The van der Waals surface area contributed by atoms with Crippen molar-refractivity contribution in [3.63, 3.8) is 0 Å². The topological polar surface area (TPSA) is 139 Å². The highest BCUT2D eigenvalue weighted by molar-refractivity contribution is 8.03. The van der Waals surface area contributed by atoms with E-state index in [1.807, 2.05) is 5.40 Å². The number of carbonyl (C=O) groups is 1. The highest BCUT2D eigenvalue weighted by Crippen LogP contribution is 2.24. The fourth-order valence-electron chi connectivity index (χ4n) is 1.80. The molecule has 0 unspecified atom stereocenters. The van der Waals surface area contributed by atoms with Crippen molar-refractivity contribution in [2.75, 3.05) is 5.32 Å². The van der Waals surface area contributed by atoms with Crippen LogP contribution >= 0.6 is 11.8 Å². The smallest absolute Gasteiger partial charge is 0.277 e. The van der Waals surface area contributed by atoms with Crippen molar-refractivity contribution in [2.45, 2.75) is 4.90 Å². The van der Waals surface area contributed by atoms with Crippen LogP contribution in [0.25, 0.3) is 0 Å². The Balaban J connectivity index is 2.27. The lowest BCUT2D eigenvalue weighted by Crippen LogP contribution is -2.12. The predicted octanol–water partition coefficient (Wildman–Crippen LogP) is 3.33. The Morgan fingerprint density at radius 3 is 2.04 bits per heavy atom. The van der Waals surface area contributed by atoms with Crippen LogP contribution in [0.3, 0.4) is 0 Å². The summed E-state index contributed by atoms with van der Waals surface area (Å²) in [5, 5.41) is 34.6. The molecule has 2 aromatic carbocycles. The second kappa shape index (κ2) is 7.21. The largest absolute Gasteiger partial charge is 0.322 e. The number of nitrogens with zero attached hydrogens (tertiary/aromatic N) is 3. The molecule has 2 rings (SSSR count). The molecular weight excluding hydrogens is 336 g/mol. The Labute approximate surface area is 139 Å². The summed E-state index contributed by atoms with van der Waals surface area (Å²) in [6.45, 7) is 0. The van der Waals surface area contributed by atoms with Gasteiger partial charge in [-0.1, -0.05) is 0 Å². The lowest BCUT2D eigenvalue weighted by atomic mass is 10.1. The second-order valence-electron chi connectivity index (χ2n) is 4.42. The first kappa shape index (κ1) is 16.9. The summed E-state index contributed by atoms with van der Waals surface area (Å²) in [7, 11) is 0. The van der Waals surface area contributed by atoms with Crippen LogP contribution in [0.1, 0.15) is 10.4 Å². The van der Waals surface area contributed by atoms with E-state index < -0.39 is 27.1 Å². The van der Waals surface area contributed by atoms with Gasteiger partial charge in [0.15, 0.2) is 0 Å². The fraction of sp³-hybridized carbons (Fsp3) is 0. The minimum Gasteiger partial charge on any atom is -0.322 e. The molecule has 120 valence electrons. The van der Waals surface area contributed by atoms with Crippen molar-refractivity contribution in [3.8, 4) is 5.40 Å². The number of nitro groups is 2. The maximum atomic E-state index is 12.2. The van der Waals surface area contributed by atoms with Gasteiger partial charge in [0.25, 0.3) is 17.3 Å². The molecule has 0 atom stereocenters. The maximum absolute atomic E-state index is 12.2. The molecule has 0 aliphatic carbocycles. The van der Waals surface area contributed by atoms with Crippen molar-refractivity contribution in [1.29, 1.82) is 5.26 Å². The highest BCUT2D eigenvalue weighted by Gasteiger charge is 2.19. The normalized spacial score (nSPS) is 9.79. The van der Waals surface area contributed by atoms with Crippen LogP contribution in [0, 0.1) is 30.9 Å². The predicted molar refractivity (Wildman–Crippen MR) is 85.6 cm³/mol. The second-order valence-corrected chi connectivity index (χ2v) is 5.28. The number of nitro benzene ring substituents is 2. The van der Waals surface area contributed by atoms with E-state index in [-0.39, 0.29) is 5.56 Å². The van der Waals surface area contributed by atoms with Crippen molar-refractivity contribution in [3.05, 3.63) is 68.3 Å². The van der Waals surface area contributed by atoms with Gasteiger partial charge in [0.1, 0.15) is 5.40 Å². The number of benzene rings is 2. The Kier molecular flexibility index (Phi) is 5.08. The average molecular weight is 344 g/mol. The molecule has 0 radical (unpaired) electrons. The van der Waals surface area contributed by atoms with Crippen LogP contribution in [0.4, 0.5) is 17.1 Å². The monoisotopic (exact) mass is 344 g/mol. The van der Waals surface area contributed by atoms with Gasteiger partial charge in [-0.25, -0.2) is 0 Å². The summed E-state index contributed by atoms with van der Waals surface area (Å²) in [4.78, 5) is 32.9. The molecule has 0 bridgehead atoms. The summed E-state index contributed by atoms with van der Waals surface area (Å²) in [5.41, 5.74) is -0.909. The Hall–Kier alpha value is -3.45. The van der Waals surface area contributed by atoms with Gasteiger partial charge in [-0.15, -0.1) is 0 Å². The minimum absolute atomic E-state index is 0.202. The number of thiocyanates is 1. The van der Waals surface area contributed by atoms with Gasteiger partial charge in [0.2, 0.25) is 0 Å². The third kappa shape index (κ3) is 4.05. The molecule has 0 spiro atoms. The highest BCUT2D eigenvalue weighted by atomic mass is 32.2. The van der Waals surface area contributed by atoms with E-state index >= 15 is 0 Å². The van der Waals surface area contributed by atoms with Crippen LogP contribution in [-0.4, -0.2) is 15.8 Å². The number of nitriles is 1. The van der Waals surface area contributed by atoms with Crippen LogP contribution < -0.4 is 5.32 Å². The molecule has 0 aliphatic rings. The number of thioether (sulfide) groups is 1. The zero-order valence-electron chi connectivity index (χ0n) is 11.8. The van der Waals surface area contributed by atoms with E-state index in [0.717, 1.165) is 30.0 Å². The number of non-ortho nitro benzene ring substituents is 2. The van der Waals surface area contributed by atoms with E-state index in [4.69, 9.17) is 5.26 Å². The molecule has 1 amide bonds. The minimum atomic E-state index is -0.808. The van der Waals surface area contributed by atoms with Gasteiger partial charge in [-0.3, -0.25) is 25.0 Å². The number of hydrogen-bond acceptors (Lipinski definition) is 7. The summed E-state index contributed by atoms with van der Waals surface area (Å²) in [5.74, 6) is -0.720. The summed E-state index contributed by atoms with van der Waals surface area (Å²) in [6, 6.07) is 9.01. The lowest BCUT2D eigenvalue weighted by Gasteiger charge is -2.06. The molecule has 1 N–H and O–H groups in total. The number of nitrogens with one attached hydrogen (secondary N) is 1. The molecule has 0 saturated carbocycles. The van der Waals surface area contributed by atoms with Gasteiger partial charge in [-0.05, 0) is 36.0 Å².